The Kier molecular flexibility index (Phi) is 7.01. The molecule has 0 fully saturated rings. The lowest BCUT2D eigenvalue weighted by Gasteiger charge is -2.20. The van der Waals surface area contributed by atoms with E-state index in [0.29, 0.717) is 0 Å². The van der Waals surface area contributed by atoms with Gasteiger partial charge >= 0.3 is 0 Å². The Labute approximate surface area is 117 Å². The average Bonchev–Trinajstić information content (AvgIpc) is 2.46. The molecule has 1 aromatic rings. The van der Waals surface area contributed by atoms with E-state index < -0.39 is 0 Å². The van der Waals surface area contributed by atoms with Crippen LogP contribution in [-0.4, -0.2) is 30.4 Å². The van der Waals surface area contributed by atoms with Crippen LogP contribution in [0.3, 0.4) is 0 Å². The minimum atomic E-state index is 0.137. The lowest BCUT2D eigenvalue weighted by atomic mass is 10.1. The molecule has 0 aliphatic heterocycles. The van der Waals surface area contributed by atoms with E-state index in [1.54, 1.807) is 0 Å². The summed E-state index contributed by atoms with van der Waals surface area (Å²) in [5.41, 5.74) is 1.86. The third-order valence-corrected chi connectivity index (χ3v) is 3.16. The minimum absolute atomic E-state index is 0.137. The zero-order valence-corrected chi connectivity index (χ0v) is 12.4. The fourth-order valence-corrected chi connectivity index (χ4v) is 1.93. The summed E-state index contributed by atoms with van der Waals surface area (Å²) in [5.74, 6) is 0.137. The molecule has 0 heterocycles. The Hall–Kier alpha value is -1.51. The van der Waals surface area contributed by atoms with Crippen LogP contribution in [0.2, 0.25) is 0 Å². The van der Waals surface area contributed by atoms with E-state index in [0.717, 1.165) is 50.1 Å². The molecule has 0 aliphatic carbocycles. The highest BCUT2D eigenvalue weighted by Crippen LogP contribution is 2.12. The first-order valence-electron chi connectivity index (χ1n) is 7.36. The topological polar surface area (TPSA) is 32.3 Å². The maximum atomic E-state index is 12.3. The van der Waals surface area contributed by atoms with Crippen molar-refractivity contribution in [2.75, 3.05) is 25.0 Å². The van der Waals surface area contributed by atoms with Gasteiger partial charge in [-0.15, -0.1) is 0 Å². The molecule has 0 saturated carbocycles. The third kappa shape index (κ3) is 4.93. The third-order valence-electron chi connectivity index (χ3n) is 3.16. The van der Waals surface area contributed by atoms with Crippen LogP contribution in [0.25, 0.3) is 0 Å². The first kappa shape index (κ1) is 15.5. The normalized spacial score (nSPS) is 10.3. The van der Waals surface area contributed by atoms with E-state index in [1.807, 2.05) is 36.1 Å². The molecular formula is C16H26N2O. The van der Waals surface area contributed by atoms with Gasteiger partial charge in [-0.3, -0.25) is 4.79 Å². The van der Waals surface area contributed by atoms with Gasteiger partial charge in [0.2, 0.25) is 0 Å². The summed E-state index contributed by atoms with van der Waals surface area (Å²) < 4.78 is 0. The predicted octanol–water partition coefficient (Wildman–Crippen LogP) is 3.77. The fourth-order valence-electron chi connectivity index (χ4n) is 1.93. The second-order valence-electron chi connectivity index (χ2n) is 4.74. The van der Waals surface area contributed by atoms with Crippen molar-refractivity contribution in [1.29, 1.82) is 0 Å². The second-order valence-corrected chi connectivity index (χ2v) is 4.74. The minimum Gasteiger partial charge on any atom is -0.385 e. The van der Waals surface area contributed by atoms with Crippen LogP contribution in [0, 0.1) is 0 Å². The molecule has 0 atom stereocenters. The van der Waals surface area contributed by atoms with Crippen LogP contribution < -0.4 is 5.32 Å². The summed E-state index contributed by atoms with van der Waals surface area (Å²) >= 11 is 0. The molecule has 106 valence electrons. The van der Waals surface area contributed by atoms with Crippen LogP contribution in [0.4, 0.5) is 5.69 Å². The van der Waals surface area contributed by atoms with E-state index in [9.17, 15) is 4.79 Å². The molecule has 0 bridgehead atoms. The van der Waals surface area contributed by atoms with Gasteiger partial charge in [-0.2, -0.15) is 0 Å². The summed E-state index contributed by atoms with van der Waals surface area (Å²) in [7, 11) is 0. The van der Waals surface area contributed by atoms with Crippen molar-refractivity contribution in [3.63, 3.8) is 0 Å². The fraction of sp³-hybridized carbons (Fsp3) is 0.562. The Bertz CT molecular complexity index is 373. The molecular weight excluding hydrogens is 236 g/mol. The standard InChI is InChI=1S/C16H26N2O/c1-4-7-13-18(6-3)16(19)14-8-10-15(11-9-14)17-12-5-2/h8-11,17H,4-7,12-13H2,1-3H3. The number of carbonyl (C=O) groups excluding carboxylic acids is 1. The van der Waals surface area contributed by atoms with Gasteiger partial charge in [0.15, 0.2) is 0 Å². The molecule has 0 unspecified atom stereocenters. The first-order chi connectivity index (χ1) is 9.22. The average molecular weight is 262 g/mol. The van der Waals surface area contributed by atoms with Crippen molar-refractivity contribution >= 4 is 11.6 Å². The molecule has 0 aliphatic rings. The molecule has 0 aromatic heterocycles. The van der Waals surface area contributed by atoms with Gasteiger partial charge in [-0.25, -0.2) is 0 Å². The number of carbonyl (C=O) groups is 1. The quantitative estimate of drug-likeness (QED) is 0.773. The number of hydrogen-bond acceptors (Lipinski definition) is 2. The summed E-state index contributed by atoms with van der Waals surface area (Å²) in [6.07, 6.45) is 3.28. The number of unbranched alkanes of at least 4 members (excludes halogenated alkanes) is 1. The molecule has 1 rings (SSSR count). The molecule has 19 heavy (non-hydrogen) atoms. The van der Waals surface area contributed by atoms with E-state index in [4.69, 9.17) is 0 Å². The van der Waals surface area contributed by atoms with Gasteiger partial charge in [0, 0.05) is 30.9 Å². The van der Waals surface area contributed by atoms with E-state index in [2.05, 4.69) is 19.2 Å². The number of nitrogens with zero attached hydrogens (tertiary/aromatic N) is 1. The number of amides is 1. The second kappa shape index (κ2) is 8.57. The van der Waals surface area contributed by atoms with Crippen molar-refractivity contribution in [1.82, 2.24) is 4.90 Å². The monoisotopic (exact) mass is 262 g/mol. The SMILES string of the molecule is CCCCN(CC)C(=O)c1ccc(NCCC)cc1. The van der Waals surface area contributed by atoms with Gasteiger partial charge in [0.1, 0.15) is 0 Å². The first-order valence-corrected chi connectivity index (χ1v) is 7.36. The summed E-state index contributed by atoms with van der Waals surface area (Å²) in [4.78, 5) is 14.2. The van der Waals surface area contributed by atoms with Crippen LogP contribution in [0.1, 0.15) is 50.4 Å². The van der Waals surface area contributed by atoms with Crippen LogP contribution in [0.5, 0.6) is 0 Å². The Morgan fingerprint density at radius 1 is 1.11 bits per heavy atom. The molecule has 1 amide bonds. The van der Waals surface area contributed by atoms with Crippen LogP contribution in [0.15, 0.2) is 24.3 Å². The van der Waals surface area contributed by atoms with Crippen molar-refractivity contribution in [2.45, 2.75) is 40.0 Å². The highest BCUT2D eigenvalue weighted by molar-refractivity contribution is 5.94. The number of rotatable bonds is 8. The van der Waals surface area contributed by atoms with Crippen molar-refractivity contribution in [3.8, 4) is 0 Å². The highest BCUT2D eigenvalue weighted by atomic mass is 16.2. The van der Waals surface area contributed by atoms with Gasteiger partial charge in [-0.05, 0) is 44.0 Å². The van der Waals surface area contributed by atoms with Gasteiger partial charge in [0.05, 0.1) is 0 Å². The number of nitrogens with one attached hydrogen (secondary N) is 1. The van der Waals surface area contributed by atoms with E-state index in [-0.39, 0.29) is 5.91 Å². The lowest BCUT2D eigenvalue weighted by Crippen LogP contribution is -2.31. The van der Waals surface area contributed by atoms with Crippen molar-refractivity contribution < 1.29 is 4.79 Å². The molecule has 0 saturated heterocycles. The van der Waals surface area contributed by atoms with Crippen LogP contribution in [-0.2, 0) is 0 Å². The Morgan fingerprint density at radius 2 is 1.79 bits per heavy atom. The lowest BCUT2D eigenvalue weighted by molar-refractivity contribution is 0.0762. The molecule has 0 spiro atoms. The number of benzene rings is 1. The largest absolute Gasteiger partial charge is 0.385 e. The summed E-state index contributed by atoms with van der Waals surface area (Å²) in [6, 6.07) is 7.79. The Balaban J connectivity index is 2.65. The molecule has 1 N–H and O–H groups in total. The van der Waals surface area contributed by atoms with E-state index in [1.165, 1.54) is 0 Å². The zero-order chi connectivity index (χ0) is 14.1. The maximum Gasteiger partial charge on any atom is 0.253 e. The molecule has 3 nitrogen and oxygen atoms in total. The predicted molar refractivity (Wildman–Crippen MR) is 81.7 cm³/mol. The van der Waals surface area contributed by atoms with E-state index >= 15 is 0 Å². The molecule has 0 radical (unpaired) electrons. The van der Waals surface area contributed by atoms with Gasteiger partial charge in [-0.1, -0.05) is 20.3 Å². The highest BCUT2D eigenvalue weighted by Gasteiger charge is 2.13. The number of hydrogen-bond donors (Lipinski definition) is 1. The van der Waals surface area contributed by atoms with Gasteiger partial charge in [0.25, 0.3) is 5.91 Å². The maximum absolute atomic E-state index is 12.3. The van der Waals surface area contributed by atoms with Crippen molar-refractivity contribution in [3.05, 3.63) is 29.8 Å². The number of anilines is 1. The summed E-state index contributed by atoms with van der Waals surface area (Å²) in [6.45, 7) is 8.90. The Morgan fingerprint density at radius 3 is 2.32 bits per heavy atom. The smallest absolute Gasteiger partial charge is 0.253 e. The van der Waals surface area contributed by atoms with Crippen LogP contribution >= 0.6 is 0 Å². The zero-order valence-electron chi connectivity index (χ0n) is 12.4. The van der Waals surface area contributed by atoms with Gasteiger partial charge < -0.3 is 10.2 Å². The van der Waals surface area contributed by atoms with Crippen molar-refractivity contribution in [2.24, 2.45) is 0 Å². The molecule has 3 heteroatoms. The summed E-state index contributed by atoms with van der Waals surface area (Å²) in [5, 5.41) is 3.31. The molecule has 1 aromatic carbocycles.